The molecule has 0 N–H and O–H groups in total. The molecule has 1 fully saturated rings. The van der Waals surface area contributed by atoms with Gasteiger partial charge in [-0.3, -0.25) is 0 Å². The Kier molecular flexibility index (Phi) is 4.86. The zero-order valence-electron chi connectivity index (χ0n) is 16.2. The second-order valence-electron chi connectivity index (χ2n) is 7.74. The predicted octanol–water partition coefficient (Wildman–Crippen LogP) is 6.13. The quantitative estimate of drug-likeness (QED) is 0.353. The van der Waals surface area contributed by atoms with Gasteiger partial charge < -0.3 is 13.3 Å². The molecule has 0 aliphatic heterocycles. The van der Waals surface area contributed by atoms with Gasteiger partial charge in [-0.05, 0) is 61.1 Å². The fourth-order valence-electron chi connectivity index (χ4n) is 4.44. The number of hydrogen-bond acceptors (Lipinski definition) is 3. The molecule has 0 heterocycles. The molecule has 0 amide bonds. The van der Waals surface area contributed by atoms with Crippen LogP contribution in [0.5, 0.6) is 17.2 Å². The number of fused-ring (bicyclic) bond motifs is 2. The van der Waals surface area contributed by atoms with E-state index in [1.165, 1.54) is 0 Å². The van der Waals surface area contributed by atoms with E-state index in [0.717, 1.165) is 30.1 Å². The number of hydrogen-bond donors (Lipinski definition) is 0. The Bertz CT molecular complexity index is 858. The van der Waals surface area contributed by atoms with Crippen LogP contribution in [0.3, 0.4) is 0 Å². The van der Waals surface area contributed by atoms with E-state index in [1.54, 1.807) is 0 Å². The second-order valence-corrected chi connectivity index (χ2v) is 10.3. The fourth-order valence-corrected chi connectivity index (χ4v) is 7.77. The SMILES string of the molecule is C1=CC2CC1CC2[Si](Oc1ccccc1)(Oc1ccccc1)Oc1ccccc1. The van der Waals surface area contributed by atoms with Crippen molar-refractivity contribution in [2.24, 2.45) is 11.8 Å². The monoisotopic (exact) mass is 400 g/mol. The highest BCUT2D eigenvalue weighted by molar-refractivity contribution is 6.65. The molecule has 2 aliphatic rings. The molecule has 3 atom stereocenters. The third-order valence-electron chi connectivity index (χ3n) is 5.74. The van der Waals surface area contributed by atoms with Crippen molar-refractivity contribution in [2.75, 3.05) is 0 Å². The van der Waals surface area contributed by atoms with E-state index in [-0.39, 0.29) is 5.54 Å². The van der Waals surface area contributed by atoms with Crippen molar-refractivity contribution in [1.82, 2.24) is 0 Å². The Morgan fingerprint density at radius 3 is 1.34 bits per heavy atom. The predicted molar refractivity (Wildman–Crippen MR) is 116 cm³/mol. The Balaban J connectivity index is 1.58. The molecular formula is C25H24O3Si. The van der Waals surface area contributed by atoms with Gasteiger partial charge in [-0.1, -0.05) is 66.7 Å². The van der Waals surface area contributed by atoms with Crippen molar-refractivity contribution in [3.63, 3.8) is 0 Å². The molecule has 0 saturated heterocycles. The van der Waals surface area contributed by atoms with E-state index in [2.05, 4.69) is 12.2 Å². The van der Waals surface area contributed by atoms with Crippen LogP contribution in [0.15, 0.2) is 103 Å². The molecule has 5 rings (SSSR count). The zero-order chi connectivity index (χ0) is 19.5. The van der Waals surface area contributed by atoms with Crippen LogP contribution in [0.4, 0.5) is 0 Å². The largest absolute Gasteiger partial charge is 0.703 e. The summed E-state index contributed by atoms with van der Waals surface area (Å²) in [7, 11) is -3.19. The van der Waals surface area contributed by atoms with Crippen molar-refractivity contribution in [3.8, 4) is 17.2 Å². The minimum Gasteiger partial charge on any atom is -0.483 e. The summed E-state index contributed by atoms with van der Waals surface area (Å²) in [4.78, 5) is 0. The van der Waals surface area contributed by atoms with Crippen LogP contribution in [0.2, 0.25) is 5.54 Å². The minimum atomic E-state index is -3.19. The highest BCUT2D eigenvalue weighted by Gasteiger charge is 2.63. The Morgan fingerprint density at radius 1 is 0.552 bits per heavy atom. The van der Waals surface area contributed by atoms with Crippen LogP contribution in [0, 0.1) is 11.8 Å². The van der Waals surface area contributed by atoms with Gasteiger partial charge in [0.05, 0.1) is 5.54 Å². The third kappa shape index (κ3) is 3.81. The van der Waals surface area contributed by atoms with Gasteiger partial charge in [0, 0.05) is 0 Å². The molecule has 2 aliphatic carbocycles. The summed E-state index contributed by atoms with van der Waals surface area (Å²) in [5.41, 5.74) is 0.220. The van der Waals surface area contributed by atoms with E-state index in [9.17, 15) is 0 Å². The van der Waals surface area contributed by atoms with Gasteiger partial charge in [0.2, 0.25) is 0 Å². The lowest BCUT2D eigenvalue weighted by molar-refractivity contribution is 0.235. The van der Waals surface area contributed by atoms with E-state index in [0.29, 0.717) is 11.8 Å². The number of para-hydroxylation sites is 3. The summed E-state index contributed by atoms with van der Waals surface area (Å²) >= 11 is 0. The third-order valence-corrected chi connectivity index (χ3v) is 8.88. The normalized spacial score (nSPS) is 22.4. The molecule has 146 valence electrons. The topological polar surface area (TPSA) is 27.7 Å². The molecule has 3 unspecified atom stereocenters. The first kappa shape index (κ1) is 18.1. The van der Waals surface area contributed by atoms with Gasteiger partial charge in [-0.25, -0.2) is 0 Å². The van der Waals surface area contributed by atoms with Crippen LogP contribution < -0.4 is 13.3 Å². The molecule has 29 heavy (non-hydrogen) atoms. The second kappa shape index (κ2) is 7.80. The summed E-state index contributed by atoms with van der Waals surface area (Å²) < 4.78 is 20.1. The summed E-state index contributed by atoms with van der Waals surface area (Å²) in [6, 6.07) is 29.8. The summed E-state index contributed by atoms with van der Waals surface area (Å²) in [5, 5.41) is 0. The van der Waals surface area contributed by atoms with Crippen molar-refractivity contribution in [1.29, 1.82) is 0 Å². The van der Waals surface area contributed by atoms with Gasteiger partial charge in [-0.2, -0.15) is 0 Å². The van der Waals surface area contributed by atoms with Gasteiger partial charge >= 0.3 is 8.80 Å². The van der Waals surface area contributed by atoms with Gasteiger partial charge in [0.25, 0.3) is 0 Å². The van der Waals surface area contributed by atoms with Crippen LogP contribution >= 0.6 is 0 Å². The van der Waals surface area contributed by atoms with Crippen LogP contribution in [0.1, 0.15) is 12.8 Å². The molecule has 2 bridgehead atoms. The van der Waals surface area contributed by atoms with Crippen LogP contribution in [-0.2, 0) is 0 Å². The van der Waals surface area contributed by atoms with E-state index < -0.39 is 8.80 Å². The van der Waals surface area contributed by atoms with Crippen molar-refractivity contribution < 1.29 is 13.3 Å². The Morgan fingerprint density at radius 2 is 1.00 bits per heavy atom. The minimum absolute atomic E-state index is 0.220. The molecule has 1 saturated carbocycles. The molecule has 3 nitrogen and oxygen atoms in total. The standard InChI is InChI=1S/C25H24O3Si/c1-4-10-22(11-5-1)26-29(27-23-12-6-2-7-13-23,28-24-14-8-3-9-15-24)25-19-20-16-17-21(25)18-20/h1-17,20-21,25H,18-19H2. The van der Waals surface area contributed by atoms with Crippen molar-refractivity contribution >= 4 is 8.80 Å². The van der Waals surface area contributed by atoms with Gasteiger partial charge in [-0.15, -0.1) is 0 Å². The van der Waals surface area contributed by atoms with Gasteiger partial charge in [0.15, 0.2) is 0 Å². The Labute approximate surface area is 172 Å². The Hall–Kier alpha value is -2.98. The average molecular weight is 401 g/mol. The highest BCUT2D eigenvalue weighted by Crippen LogP contribution is 2.52. The maximum Gasteiger partial charge on any atom is 0.703 e. The first-order chi connectivity index (χ1) is 14.3. The van der Waals surface area contributed by atoms with Crippen LogP contribution in [-0.4, -0.2) is 8.80 Å². The number of allylic oxidation sites excluding steroid dienone is 2. The first-order valence-electron chi connectivity index (χ1n) is 10.2. The maximum absolute atomic E-state index is 6.71. The van der Waals surface area contributed by atoms with E-state index in [4.69, 9.17) is 13.3 Å². The van der Waals surface area contributed by atoms with Crippen molar-refractivity contribution in [2.45, 2.75) is 18.4 Å². The molecule has 0 radical (unpaired) electrons. The molecular weight excluding hydrogens is 376 g/mol. The maximum atomic E-state index is 6.71. The lowest BCUT2D eigenvalue weighted by Crippen LogP contribution is -2.59. The van der Waals surface area contributed by atoms with Gasteiger partial charge in [0.1, 0.15) is 17.2 Å². The number of rotatable bonds is 7. The van der Waals surface area contributed by atoms with E-state index >= 15 is 0 Å². The molecule has 0 spiro atoms. The summed E-state index contributed by atoms with van der Waals surface area (Å²) in [5.74, 6) is 3.39. The first-order valence-corrected chi connectivity index (χ1v) is 12.0. The van der Waals surface area contributed by atoms with Crippen molar-refractivity contribution in [3.05, 3.63) is 103 Å². The molecule has 4 heteroatoms. The lowest BCUT2D eigenvalue weighted by atomic mass is 10.1. The molecule has 3 aromatic carbocycles. The molecule has 3 aromatic rings. The van der Waals surface area contributed by atoms with E-state index in [1.807, 2.05) is 91.0 Å². The summed E-state index contributed by atoms with van der Waals surface area (Å²) in [6.07, 6.45) is 6.87. The molecule has 0 aromatic heterocycles. The fraction of sp³-hybridized carbons (Fsp3) is 0.200. The highest BCUT2D eigenvalue weighted by atomic mass is 28.4. The lowest BCUT2D eigenvalue weighted by Gasteiger charge is -2.36. The smallest absolute Gasteiger partial charge is 0.483 e. The van der Waals surface area contributed by atoms with Crippen LogP contribution in [0.25, 0.3) is 0 Å². The zero-order valence-corrected chi connectivity index (χ0v) is 17.2. The number of benzene rings is 3. The summed E-state index contributed by atoms with van der Waals surface area (Å²) in [6.45, 7) is 0. The average Bonchev–Trinajstić information content (AvgIpc) is 3.40.